The van der Waals surface area contributed by atoms with E-state index in [-0.39, 0.29) is 5.75 Å². The molecule has 2 rings (SSSR count). The Morgan fingerprint density at radius 2 is 1.83 bits per heavy atom. The molecule has 2 aromatic rings. The van der Waals surface area contributed by atoms with Gasteiger partial charge in [-0.2, -0.15) is 13.2 Å². The van der Waals surface area contributed by atoms with E-state index in [0.29, 0.717) is 16.8 Å². The minimum Gasteiger partial charge on any atom is -0.506 e. The minimum absolute atomic E-state index is 0.0371. The zero-order valence-electron chi connectivity index (χ0n) is 9.49. The van der Waals surface area contributed by atoms with E-state index in [0.717, 1.165) is 12.1 Å². The summed E-state index contributed by atoms with van der Waals surface area (Å²) in [6.07, 6.45) is -2.94. The average molecular weight is 253 g/mol. The first-order valence-electron chi connectivity index (χ1n) is 5.21. The lowest BCUT2D eigenvalue weighted by Crippen LogP contribution is -2.04. The zero-order valence-corrected chi connectivity index (χ0v) is 9.49. The normalized spacial score (nSPS) is 11.6. The van der Waals surface area contributed by atoms with Crippen LogP contribution in [0.4, 0.5) is 13.2 Å². The van der Waals surface area contributed by atoms with Crippen LogP contribution in [-0.4, -0.2) is 10.1 Å². The predicted octanol–water partition coefficient (Wildman–Crippen LogP) is 3.78. The second kappa shape index (κ2) is 4.33. The monoisotopic (exact) mass is 253 g/mol. The van der Waals surface area contributed by atoms with Gasteiger partial charge in [0.1, 0.15) is 5.75 Å². The molecule has 0 unspecified atom stereocenters. The van der Waals surface area contributed by atoms with E-state index in [1.165, 1.54) is 18.3 Å². The van der Waals surface area contributed by atoms with Crippen molar-refractivity contribution in [3.63, 3.8) is 0 Å². The van der Waals surface area contributed by atoms with E-state index in [9.17, 15) is 18.3 Å². The molecular weight excluding hydrogens is 243 g/mol. The van der Waals surface area contributed by atoms with Crippen LogP contribution in [0.1, 0.15) is 11.3 Å². The molecule has 1 N–H and O–H groups in total. The molecule has 0 atom stereocenters. The molecule has 1 heterocycles. The zero-order chi connectivity index (χ0) is 13.3. The highest BCUT2D eigenvalue weighted by atomic mass is 19.4. The summed E-state index contributed by atoms with van der Waals surface area (Å²) in [6.45, 7) is 1.62. The standard InChI is InChI=1S/C13H10F3NO/c1-8-12(18)6-10(7-17-8)9-3-2-4-11(5-9)13(14,15)16/h2-7,18H,1H3. The second-order valence-electron chi connectivity index (χ2n) is 3.91. The number of benzene rings is 1. The SMILES string of the molecule is Cc1ncc(-c2cccc(C(F)(F)F)c2)cc1O. The number of alkyl halides is 3. The number of halogens is 3. The van der Waals surface area contributed by atoms with Gasteiger partial charge in [0.15, 0.2) is 0 Å². The summed E-state index contributed by atoms with van der Waals surface area (Å²) >= 11 is 0. The third-order valence-corrected chi connectivity index (χ3v) is 2.58. The summed E-state index contributed by atoms with van der Waals surface area (Å²) in [6, 6.07) is 6.31. The van der Waals surface area contributed by atoms with Crippen molar-refractivity contribution in [2.75, 3.05) is 0 Å². The van der Waals surface area contributed by atoms with Crippen LogP contribution in [0.3, 0.4) is 0 Å². The maximum atomic E-state index is 12.6. The van der Waals surface area contributed by atoms with Gasteiger partial charge in [0, 0.05) is 11.8 Å². The van der Waals surface area contributed by atoms with Gasteiger partial charge in [-0.15, -0.1) is 0 Å². The van der Waals surface area contributed by atoms with Crippen LogP contribution < -0.4 is 0 Å². The van der Waals surface area contributed by atoms with Gasteiger partial charge in [0.25, 0.3) is 0 Å². The summed E-state index contributed by atoms with van der Waals surface area (Å²) in [7, 11) is 0. The Bertz CT molecular complexity index is 579. The van der Waals surface area contributed by atoms with Crippen molar-refractivity contribution >= 4 is 0 Å². The highest BCUT2D eigenvalue weighted by molar-refractivity contribution is 5.65. The van der Waals surface area contributed by atoms with Crippen molar-refractivity contribution in [2.24, 2.45) is 0 Å². The van der Waals surface area contributed by atoms with E-state index in [4.69, 9.17) is 0 Å². The predicted molar refractivity (Wildman–Crippen MR) is 61.1 cm³/mol. The fourth-order valence-corrected chi connectivity index (χ4v) is 1.55. The van der Waals surface area contributed by atoms with Crippen molar-refractivity contribution in [2.45, 2.75) is 13.1 Å². The molecule has 1 aromatic heterocycles. The first-order valence-corrected chi connectivity index (χ1v) is 5.21. The molecular formula is C13H10F3NO. The topological polar surface area (TPSA) is 33.1 Å². The second-order valence-corrected chi connectivity index (χ2v) is 3.91. The maximum Gasteiger partial charge on any atom is 0.416 e. The first kappa shape index (κ1) is 12.4. The molecule has 0 saturated carbocycles. The Kier molecular flexibility index (Phi) is 2.98. The number of pyridine rings is 1. The third-order valence-electron chi connectivity index (χ3n) is 2.58. The summed E-state index contributed by atoms with van der Waals surface area (Å²) in [5.41, 5.74) is 0.530. The number of nitrogens with zero attached hydrogens (tertiary/aromatic N) is 1. The molecule has 1 aromatic carbocycles. The van der Waals surface area contributed by atoms with Gasteiger partial charge in [-0.25, -0.2) is 0 Å². The molecule has 2 nitrogen and oxygen atoms in total. The van der Waals surface area contributed by atoms with Crippen molar-refractivity contribution in [3.8, 4) is 16.9 Å². The van der Waals surface area contributed by atoms with Crippen molar-refractivity contribution in [1.29, 1.82) is 0 Å². The van der Waals surface area contributed by atoms with Gasteiger partial charge in [-0.3, -0.25) is 4.98 Å². The fourth-order valence-electron chi connectivity index (χ4n) is 1.55. The Labute approximate surface area is 102 Å². The molecule has 94 valence electrons. The lowest BCUT2D eigenvalue weighted by molar-refractivity contribution is -0.137. The largest absolute Gasteiger partial charge is 0.506 e. The van der Waals surface area contributed by atoms with Gasteiger partial charge in [0.05, 0.1) is 11.3 Å². The van der Waals surface area contributed by atoms with E-state index in [1.54, 1.807) is 13.0 Å². The first-order chi connectivity index (χ1) is 8.38. The van der Waals surface area contributed by atoms with Gasteiger partial charge in [-0.05, 0) is 30.7 Å². The van der Waals surface area contributed by atoms with Crippen molar-refractivity contribution in [1.82, 2.24) is 4.98 Å². The highest BCUT2D eigenvalue weighted by Gasteiger charge is 2.30. The molecule has 0 aliphatic heterocycles. The summed E-state index contributed by atoms with van der Waals surface area (Å²) < 4.78 is 37.7. The number of aromatic nitrogens is 1. The highest BCUT2D eigenvalue weighted by Crippen LogP contribution is 2.32. The third kappa shape index (κ3) is 2.45. The Balaban J connectivity index is 2.48. The Morgan fingerprint density at radius 3 is 2.44 bits per heavy atom. The van der Waals surface area contributed by atoms with Gasteiger partial charge >= 0.3 is 6.18 Å². The number of hydrogen-bond donors (Lipinski definition) is 1. The Morgan fingerprint density at radius 1 is 1.11 bits per heavy atom. The van der Waals surface area contributed by atoms with Gasteiger partial charge < -0.3 is 5.11 Å². The molecule has 0 fully saturated rings. The molecule has 5 heteroatoms. The van der Waals surface area contributed by atoms with Crippen LogP contribution >= 0.6 is 0 Å². The van der Waals surface area contributed by atoms with Crippen LogP contribution in [0, 0.1) is 6.92 Å². The van der Waals surface area contributed by atoms with E-state index in [2.05, 4.69) is 4.98 Å². The van der Waals surface area contributed by atoms with E-state index >= 15 is 0 Å². The van der Waals surface area contributed by atoms with Gasteiger partial charge in [-0.1, -0.05) is 12.1 Å². The van der Waals surface area contributed by atoms with E-state index < -0.39 is 11.7 Å². The van der Waals surface area contributed by atoms with E-state index in [1.807, 2.05) is 0 Å². The number of hydrogen-bond acceptors (Lipinski definition) is 2. The smallest absolute Gasteiger partial charge is 0.416 e. The maximum absolute atomic E-state index is 12.6. The lowest BCUT2D eigenvalue weighted by Gasteiger charge is -2.09. The number of aromatic hydroxyl groups is 1. The minimum atomic E-state index is -4.38. The molecule has 0 spiro atoms. The summed E-state index contributed by atoms with van der Waals surface area (Å²) in [4.78, 5) is 3.92. The molecule has 0 bridgehead atoms. The summed E-state index contributed by atoms with van der Waals surface area (Å²) in [5, 5.41) is 9.51. The molecule has 0 aliphatic rings. The number of aryl methyl sites for hydroxylation is 1. The molecule has 0 amide bonds. The Hall–Kier alpha value is -2.04. The van der Waals surface area contributed by atoms with Crippen LogP contribution in [0.15, 0.2) is 36.5 Å². The van der Waals surface area contributed by atoms with Crippen LogP contribution in [0.5, 0.6) is 5.75 Å². The van der Waals surface area contributed by atoms with Crippen molar-refractivity contribution < 1.29 is 18.3 Å². The lowest BCUT2D eigenvalue weighted by atomic mass is 10.0. The number of rotatable bonds is 1. The quantitative estimate of drug-likeness (QED) is 0.838. The van der Waals surface area contributed by atoms with Crippen LogP contribution in [-0.2, 0) is 6.18 Å². The van der Waals surface area contributed by atoms with Crippen LogP contribution in [0.2, 0.25) is 0 Å². The van der Waals surface area contributed by atoms with Crippen molar-refractivity contribution in [3.05, 3.63) is 47.8 Å². The van der Waals surface area contributed by atoms with Gasteiger partial charge in [0.2, 0.25) is 0 Å². The molecule has 18 heavy (non-hydrogen) atoms. The molecule has 0 radical (unpaired) electrons. The molecule has 0 aliphatic carbocycles. The average Bonchev–Trinajstić information content (AvgIpc) is 2.32. The summed E-state index contributed by atoms with van der Waals surface area (Å²) in [5.74, 6) is -0.0371. The van der Waals surface area contributed by atoms with Crippen LogP contribution in [0.25, 0.3) is 11.1 Å². The fraction of sp³-hybridized carbons (Fsp3) is 0.154. The molecule has 0 saturated heterocycles.